The lowest BCUT2D eigenvalue weighted by Gasteiger charge is -2.45. The van der Waals surface area contributed by atoms with Crippen LogP contribution < -0.4 is 0 Å². The molecule has 1 N–H and O–H groups in total. The third-order valence-corrected chi connectivity index (χ3v) is 8.35. The van der Waals surface area contributed by atoms with Gasteiger partial charge in [0, 0.05) is 32.2 Å². The van der Waals surface area contributed by atoms with Crippen LogP contribution in [0.3, 0.4) is 0 Å². The van der Waals surface area contributed by atoms with Crippen LogP contribution in [0.1, 0.15) is 43.2 Å². The van der Waals surface area contributed by atoms with Crippen LogP contribution in [0.4, 0.5) is 0 Å². The van der Waals surface area contributed by atoms with Crippen molar-refractivity contribution in [3.05, 3.63) is 71.8 Å². The van der Waals surface area contributed by atoms with Crippen LogP contribution >= 0.6 is 0 Å². The summed E-state index contributed by atoms with van der Waals surface area (Å²) in [6.07, 6.45) is 5.88. The van der Waals surface area contributed by atoms with Gasteiger partial charge < -0.3 is 19.5 Å². The minimum Gasteiger partial charge on any atom is -0.389 e. The van der Waals surface area contributed by atoms with Gasteiger partial charge in [-0.2, -0.15) is 0 Å². The van der Waals surface area contributed by atoms with E-state index in [4.69, 9.17) is 9.47 Å². The number of benzene rings is 2. The zero-order chi connectivity index (χ0) is 25.5. The van der Waals surface area contributed by atoms with Crippen molar-refractivity contribution in [2.24, 2.45) is 5.92 Å². The van der Waals surface area contributed by atoms with Gasteiger partial charge in [-0.3, -0.25) is 9.69 Å². The molecule has 1 amide bonds. The van der Waals surface area contributed by atoms with Crippen LogP contribution in [0.5, 0.6) is 0 Å². The van der Waals surface area contributed by atoms with Crippen LogP contribution in [0.15, 0.2) is 60.7 Å². The van der Waals surface area contributed by atoms with Gasteiger partial charge in [-0.15, -0.1) is 0 Å². The van der Waals surface area contributed by atoms with E-state index in [2.05, 4.69) is 59.5 Å². The molecule has 0 saturated carbocycles. The van der Waals surface area contributed by atoms with E-state index in [1.54, 1.807) is 0 Å². The molecule has 200 valence electrons. The van der Waals surface area contributed by atoms with Gasteiger partial charge in [-0.05, 0) is 55.6 Å². The first-order chi connectivity index (χ1) is 18.1. The van der Waals surface area contributed by atoms with Crippen molar-refractivity contribution in [2.75, 3.05) is 39.4 Å². The normalized spacial score (nSPS) is 27.8. The molecule has 37 heavy (non-hydrogen) atoms. The van der Waals surface area contributed by atoms with Crippen molar-refractivity contribution in [1.29, 1.82) is 0 Å². The first kappa shape index (κ1) is 26.4. The van der Waals surface area contributed by atoms with Gasteiger partial charge in [0.15, 0.2) is 0 Å². The number of fused-ring (bicyclic) bond motifs is 1. The minimum atomic E-state index is -0.485. The third kappa shape index (κ3) is 7.41. The number of hydrogen-bond donors (Lipinski definition) is 1. The van der Waals surface area contributed by atoms with Gasteiger partial charge >= 0.3 is 0 Å². The monoisotopic (exact) mass is 506 g/mol. The number of aliphatic hydroxyl groups excluding tert-OH is 1. The quantitative estimate of drug-likeness (QED) is 0.620. The molecule has 0 spiro atoms. The molecule has 3 saturated heterocycles. The number of ether oxygens (including phenoxy) is 2. The van der Waals surface area contributed by atoms with Crippen LogP contribution in [-0.2, 0) is 27.1 Å². The van der Waals surface area contributed by atoms with Gasteiger partial charge in [0.1, 0.15) is 0 Å². The van der Waals surface area contributed by atoms with Crippen LogP contribution in [0.25, 0.3) is 0 Å². The lowest BCUT2D eigenvalue weighted by molar-refractivity contribution is -0.160. The van der Waals surface area contributed by atoms with Crippen molar-refractivity contribution in [3.8, 4) is 0 Å². The second kappa shape index (κ2) is 13.0. The number of amides is 1. The first-order valence-corrected chi connectivity index (χ1v) is 14.1. The number of nitrogens with zero attached hydrogens (tertiary/aromatic N) is 2. The molecule has 2 aromatic rings. The number of likely N-dealkylation sites (tertiary alicyclic amines) is 1. The first-order valence-electron chi connectivity index (χ1n) is 14.1. The van der Waals surface area contributed by atoms with Gasteiger partial charge in [-0.25, -0.2) is 0 Å². The van der Waals surface area contributed by atoms with Gasteiger partial charge in [0.25, 0.3) is 0 Å². The molecule has 6 heteroatoms. The Hall–Kier alpha value is -2.25. The van der Waals surface area contributed by atoms with Crippen molar-refractivity contribution in [2.45, 2.75) is 69.3 Å². The largest absolute Gasteiger partial charge is 0.389 e. The molecule has 3 aliphatic rings. The number of rotatable bonds is 7. The molecular formula is C31H42N2O4. The Kier molecular flexibility index (Phi) is 9.27. The number of piperidine rings is 1. The van der Waals surface area contributed by atoms with Crippen LogP contribution in [0.2, 0.25) is 0 Å². The molecule has 3 aliphatic heterocycles. The van der Waals surface area contributed by atoms with E-state index in [0.717, 1.165) is 58.2 Å². The average molecular weight is 507 g/mol. The van der Waals surface area contributed by atoms with Gasteiger partial charge in [0.05, 0.1) is 37.9 Å². The Labute approximate surface area is 221 Å². The topological polar surface area (TPSA) is 62.2 Å². The lowest BCUT2D eigenvalue weighted by Crippen LogP contribution is -2.56. The highest BCUT2D eigenvalue weighted by atomic mass is 16.5. The summed E-state index contributed by atoms with van der Waals surface area (Å²) < 4.78 is 12.3. The Balaban J connectivity index is 1.11. The number of carbonyl (C=O) groups is 1. The smallest absolute Gasteiger partial charge is 0.225 e. The highest BCUT2D eigenvalue weighted by molar-refractivity contribution is 5.76. The Morgan fingerprint density at radius 2 is 1.59 bits per heavy atom. The van der Waals surface area contributed by atoms with E-state index in [0.29, 0.717) is 32.1 Å². The zero-order valence-electron chi connectivity index (χ0n) is 21.9. The van der Waals surface area contributed by atoms with E-state index in [1.807, 2.05) is 11.0 Å². The van der Waals surface area contributed by atoms with Crippen LogP contribution in [0, 0.1) is 5.92 Å². The lowest BCUT2D eigenvalue weighted by atomic mass is 9.89. The zero-order valence-corrected chi connectivity index (χ0v) is 21.9. The molecule has 2 aromatic carbocycles. The number of β-amino-alcohol motifs (C(OH)–C–C–N with tert-alkyl or cyclic N) is 1. The van der Waals surface area contributed by atoms with E-state index in [9.17, 15) is 9.90 Å². The summed E-state index contributed by atoms with van der Waals surface area (Å²) in [5, 5.41) is 10.4. The summed E-state index contributed by atoms with van der Waals surface area (Å²) >= 11 is 0. The van der Waals surface area contributed by atoms with E-state index < -0.39 is 6.10 Å². The Morgan fingerprint density at radius 3 is 2.32 bits per heavy atom. The van der Waals surface area contributed by atoms with Crippen molar-refractivity contribution in [3.63, 3.8) is 0 Å². The SMILES string of the molecule is O=C(C[C@H]1CC[C@@H]2[C@H](COC[C@H](O)CN2CCc2ccccc2)O1)N1CCC(Cc2ccccc2)CC1. The Bertz CT molecular complexity index is 964. The highest BCUT2D eigenvalue weighted by Gasteiger charge is 2.38. The summed E-state index contributed by atoms with van der Waals surface area (Å²) in [6, 6.07) is 21.4. The van der Waals surface area contributed by atoms with Crippen molar-refractivity contribution >= 4 is 5.91 Å². The molecule has 4 atom stereocenters. The summed E-state index contributed by atoms with van der Waals surface area (Å²) in [5.41, 5.74) is 2.70. The standard InChI is InChI=1S/C31H42N2O4/c34-27-21-33(18-13-24-7-3-1-4-8-24)29-12-11-28(37-30(29)23-36-22-27)20-31(35)32-16-14-26(15-17-32)19-25-9-5-2-6-10-25/h1-10,26-30,34H,11-23H2/t27-,28-,29-,30+/m1/s1. The fourth-order valence-electron chi connectivity index (χ4n) is 6.28. The maximum atomic E-state index is 13.2. The molecule has 0 bridgehead atoms. The highest BCUT2D eigenvalue weighted by Crippen LogP contribution is 2.29. The second-order valence-corrected chi connectivity index (χ2v) is 11.1. The minimum absolute atomic E-state index is 0.0558. The summed E-state index contributed by atoms with van der Waals surface area (Å²) in [7, 11) is 0. The summed E-state index contributed by atoms with van der Waals surface area (Å²) in [5.74, 6) is 0.882. The molecule has 0 aliphatic carbocycles. The predicted octanol–water partition coefficient (Wildman–Crippen LogP) is 3.71. The van der Waals surface area contributed by atoms with Gasteiger partial charge in [0.2, 0.25) is 5.91 Å². The van der Waals surface area contributed by atoms with E-state index in [-0.39, 0.29) is 24.2 Å². The second-order valence-electron chi connectivity index (χ2n) is 11.1. The summed E-state index contributed by atoms with van der Waals surface area (Å²) in [6.45, 7) is 3.98. The maximum Gasteiger partial charge on any atom is 0.225 e. The predicted molar refractivity (Wildman–Crippen MR) is 144 cm³/mol. The maximum absolute atomic E-state index is 13.2. The van der Waals surface area contributed by atoms with Crippen molar-refractivity contribution in [1.82, 2.24) is 9.80 Å². The molecule has 0 radical (unpaired) electrons. The number of carbonyl (C=O) groups excluding carboxylic acids is 1. The molecule has 0 aromatic heterocycles. The van der Waals surface area contributed by atoms with Gasteiger partial charge in [-0.1, -0.05) is 60.7 Å². The molecule has 6 nitrogen and oxygen atoms in total. The fraction of sp³-hybridized carbons (Fsp3) is 0.581. The third-order valence-electron chi connectivity index (χ3n) is 8.35. The Morgan fingerprint density at radius 1 is 0.892 bits per heavy atom. The molecule has 3 fully saturated rings. The average Bonchev–Trinajstić information content (AvgIpc) is 2.92. The number of aliphatic hydroxyl groups is 1. The molecule has 5 rings (SSSR count). The summed E-state index contributed by atoms with van der Waals surface area (Å²) in [4.78, 5) is 17.6. The molecular weight excluding hydrogens is 464 g/mol. The molecule has 3 heterocycles. The molecule has 0 unspecified atom stereocenters. The van der Waals surface area contributed by atoms with E-state index in [1.165, 1.54) is 11.1 Å². The fourth-order valence-corrected chi connectivity index (χ4v) is 6.28. The number of hydrogen-bond acceptors (Lipinski definition) is 5. The van der Waals surface area contributed by atoms with E-state index >= 15 is 0 Å². The van der Waals surface area contributed by atoms with Crippen molar-refractivity contribution < 1.29 is 19.4 Å². The van der Waals surface area contributed by atoms with Crippen LogP contribution in [-0.4, -0.2) is 84.6 Å².